The molecule has 0 heterocycles. The molecule has 0 aliphatic heterocycles. The van der Waals surface area contributed by atoms with Gasteiger partial charge in [0.25, 0.3) is 0 Å². The highest BCUT2D eigenvalue weighted by Gasteiger charge is 2.09. The molecule has 0 aromatic rings. The Bertz CT molecular complexity index is 131. The first-order chi connectivity index (χ1) is 6.61. The van der Waals surface area contributed by atoms with Gasteiger partial charge < -0.3 is 20.5 Å². The summed E-state index contributed by atoms with van der Waals surface area (Å²) in [7, 11) is 3.36. The summed E-state index contributed by atoms with van der Waals surface area (Å²) in [5, 5.41) is 3.27. The summed E-state index contributed by atoms with van der Waals surface area (Å²) >= 11 is 0. The zero-order chi connectivity index (χ0) is 11.0. The van der Waals surface area contributed by atoms with Crippen molar-refractivity contribution in [2.45, 2.75) is 26.0 Å². The molecule has 2 atom stereocenters. The molecule has 14 heavy (non-hydrogen) atoms. The van der Waals surface area contributed by atoms with Gasteiger partial charge >= 0.3 is 0 Å². The topological polar surface area (TPSA) is 56.5 Å². The van der Waals surface area contributed by atoms with E-state index in [0.29, 0.717) is 12.5 Å². The maximum atomic E-state index is 5.88. The van der Waals surface area contributed by atoms with Crippen LogP contribution in [0.2, 0.25) is 0 Å². The summed E-state index contributed by atoms with van der Waals surface area (Å²) in [6, 6.07) is 0.204. The highest BCUT2D eigenvalue weighted by Crippen LogP contribution is 1.96. The van der Waals surface area contributed by atoms with Crippen LogP contribution in [0.25, 0.3) is 0 Å². The predicted molar refractivity (Wildman–Crippen MR) is 58.4 cm³/mol. The first-order valence-electron chi connectivity index (χ1n) is 5.09. The van der Waals surface area contributed by atoms with Gasteiger partial charge in [0.2, 0.25) is 0 Å². The summed E-state index contributed by atoms with van der Waals surface area (Å²) in [4.78, 5) is 0. The molecule has 0 amide bonds. The molecule has 0 aromatic heterocycles. The third-order valence-electron chi connectivity index (χ3n) is 2.29. The number of nitrogens with one attached hydrogen (secondary N) is 1. The highest BCUT2D eigenvalue weighted by atomic mass is 16.5. The summed E-state index contributed by atoms with van der Waals surface area (Å²) in [5.41, 5.74) is 5.88. The molecule has 0 aliphatic rings. The second-order valence-corrected chi connectivity index (χ2v) is 3.88. The van der Waals surface area contributed by atoms with Gasteiger partial charge in [-0.2, -0.15) is 0 Å². The number of ether oxygens (including phenoxy) is 2. The molecule has 2 unspecified atom stereocenters. The van der Waals surface area contributed by atoms with E-state index in [4.69, 9.17) is 15.2 Å². The van der Waals surface area contributed by atoms with Crippen LogP contribution in [0.3, 0.4) is 0 Å². The van der Waals surface area contributed by atoms with Gasteiger partial charge in [0.1, 0.15) is 0 Å². The van der Waals surface area contributed by atoms with Gasteiger partial charge in [-0.05, 0) is 5.92 Å². The first kappa shape index (κ1) is 13.8. The smallest absolute Gasteiger partial charge is 0.0928 e. The van der Waals surface area contributed by atoms with E-state index in [1.54, 1.807) is 14.2 Å². The lowest BCUT2D eigenvalue weighted by Gasteiger charge is -2.19. The van der Waals surface area contributed by atoms with Crippen molar-refractivity contribution >= 4 is 0 Å². The molecule has 0 rings (SSSR count). The predicted octanol–water partition coefficient (Wildman–Crippen LogP) is 0.221. The standard InChI is InChI=1S/C10H24N2O2/c1-8(2)10(11)6-12-5-9(14-4)7-13-3/h8-10,12H,5-7,11H2,1-4H3. The van der Waals surface area contributed by atoms with Crippen LogP contribution in [0, 0.1) is 5.92 Å². The Morgan fingerprint density at radius 3 is 2.29 bits per heavy atom. The minimum absolute atomic E-state index is 0.111. The third-order valence-corrected chi connectivity index (χ3v) is 2.29. The van der Waals surface area contributed by atoms with Crippen LogP contribution in [-0.2, 0) is 9.47 Å². The van der Waals surface area contributed by atoms with E-state index in [1.807, 2.05) is 0 Å². The van der Waals surface area contributed by atoms with Gasteiger partial charge in [0.05, 0.1) is 12.7 Å². The van der Waals surface area contributed by atoms with Gasteiger partial charge in [-0.1, -0.05) is 13.8 Å². The van der Waals surface area contributed by atoms with Crippen LogP contribution in [-0.4, -0.2) is 46.1 Å². The summed E-state index contributed by atoms with van der Waals surface area (Å²) in [5.74, 6) is 0.505. The molecule has 0 saturated carbocycles. The molecule has 4 nitrogen and oxygen atoms in total. The fraction of sp³-hybridized carbons (Fsp3) is 1.00. The van der Waals surface area contributed by atoms with Crippen molar-refractivity contribution in [3.05, 3.63) is 0 Å². The Morgan fingerprint density at radius 2 is 1.86 bits per heavy atom. The number of hydrogen-bond donors (Lipinski definition) is 2. The van der Waals surface area contributed by atoms with Crippen molar-refractivity contribution < 1.29 is 9.47 Å². The summed E-state index contributed by atoms with van der Waals surface area (Å²) in [6.07, 6.45) is 0.111. The zero-order valence-electron chi connectivity index (χ0n) is 9.75. The second-order valence-electron chi connectivity index (χ2n) is 3.88. The fourth-order valence-electron chi connectivity index (χ4n) is 1.04. The van der Waals surface area contributed by atoms with Crippen molar-refractivity contribution in [1.29, 1.82) is 0 Å². The zero-order valence-corrected chi connectivity index (χ0v) is 9.75. The molecule has 0 bridgehead atoms. The minimum atomic E-state index is 0.111. The molecule has 0 aliphatic carbocycles. The average Bonchev–Trinajstić information content (AvgIpc) is 2.16. The van der Waals surface area contributed by atoms with E-state index in [9.17, 15) is 0 Å². The maximum absolute atomic E-state index is 5.88. The Labute approximate surface area is 87.1 Å². The Morgan fingerprint density at radius 1 is 1.21 bits per heavy atom. The molecular formula is C10H24N2O2. The van der Waals surface area contributed by atoms with Crippen molar-refractivity contribution in [3.63, 3.8) is 0 Å². The van der Waals surface area contributed by atoms with Crippen LogP contribution in [0.5, 0.6) is 0 Å². The first-order valence-corrected chi connectivity index (χ1v) is 5.09. The average molecular weight is 204 g/mol. The molecular weight excluding hydrogens is 180 g/mol. The molecule has 0 saturated heterocycles. The lowest BCUT2D eigenvalue weighted by Crippen LogP contribution is -2.41. The third kappa shape index (κ3) is 6.32. The van der Waals surface area contributed by atoms with Crippen LogP contribution in [0.4, 0.5) is 0 Å². The monoisotopic (exact) mass is 204 g/mol. The van der Waals surface area contributed by atoms with Gasteiger partial charge in [0, 0.05) is 33.4 Å². The quantitative estimate of drug-likeness (QED) is 0.594. The maximum Gasteiger partial charge on any atom is 0.0928 e. The van der Waals surface area contributed by atoms with Gasteiger partial charge in [0.15, 0.2) is 0 Å². The van der Waals surface area contributed by atoms with E-state index >= 15 is 0 Å². The molecule has 0 radical (unpaired) electrons. The van der Waals surface area contributed by atoms with Crippen LogP contribution in [0.15, 0.2) is 0 Å². The molecule has 0 spiro atoms. The molecule has 3 N–H and O–H groups in total. The Kier molecular flexibility index (Phi) is 8.08. The highest BCUT2D eigenvalue weighted by molar-refractivity contribution is 4.70. The second kappa shape index (κ2) is 8.17. The largest absolute Gasteiger partial charge is 0.382 e. The lowest BCUT2D eigenvalue weighted by atomic mass is 10.1. The SMILES string of the molecule is COCC(CNCC(N)C(C)C)OC. The minimum Gasteiger partial charge on any atom is -0.382 e. The van der Waals surface area contributed by atoms with Crippen LogP contribution in [0.1, 0.15) is 13.8 Å². The Hall–Kier alpha value is -0.160. The number of nitrogens with two attached hydrogens (primary N) is 1. The Balaban J connectivity index is 3.50. The molecule has 86 valence electrons. The van der Waals surface area contributed by atoms with Crippen molar-refractivity contribution in [2.75, 3.05) is 33.9 Å². The molecule has 0 aromatic carbocycles. The van der Waals surface area contributed by atoms with Crippen molar-refractivity contribution in [1.82, 2.24) is 5.32 Å². The normalized spacial score (nSPS) is 15.9. The summed E-state index contributed by atoms with van der Waals surface area (Å²) in [6.45, 7) is 6.46. The van der Waals surface area contributed by atoms with Crippen LogP contribution >= 0.6 is 0 Å². The molecule has 4 heteroatoms. The van der Waals surface area contributed by atoms with Gasteiger partial charge in [-0.15, -0.1) is 0 Å². The van der Waals surface area contributed by atoms with E-state index in [2.05, 4.69) is 19.2 Å². The lowest BCUT2D eigenvalue weighted by molar-refractivity contribution is 0.0287. The number of hydrogen-bond acceptors (Lipinski definition) is 4. The molecule has 0 fully saturated rings. The van der Waals surface area contributed by atoms with Crippen molar-refractivity contribution in [2.24, 2.45) is 11.7 Å². The van der Waals surface area contributed by atoms with E-state index < -0.39 is 0 Å². The summed E-state index contributed by atoms with van der Waals surface area (Å²) < 4.78 is 10.2. The fourth-order valence-corrected chi connectivity index (χ4v) is 1.04. The van der Waals surface area contributed by atoms with Crippen molar-refractivity contribution in [3.8, 4) is 0 Å². The van der Waals surface area contributed by atoms with E-state index in [1.165, 1.54) is 0 Å². The van der Waals surface area contributed by atoms with Gasteiger partial charge in [-0.25, -0.2) is 0 Å². The number of rotatable bonds is 8. The van der Waals surface area contributed by atoms with Crippen LogP contribution < -0.4 is 11.1 Å². The number of methoxy groups -OCH3 is 2. The van der Waals surface area contributed by atoms with E-state index in [-0.39, 0.29) is 12.1 Å². The van der Waals surface area contributed by atoms with Gasteiger partial charge in [-0.3, -0.25) is 0 Å². The van der Waals surface area contributed by atoms with E-state index in [0.717, 1.165) is 13.1 Å².